The molecule has 6 aromatic carbocycles. The SMILES string of the molecule is C[Si]C.Cc1cc2c(-c3cc(Cl)cc(Cl)c3)cccc2[cH-]1.Cc1cc2c(-c3cc(Cl)cc(Cl)c3)cccc2[cH-]1.[Cl][Zr+2][Cl]. The molecule has 0 aliphatic rings. The molecule has 0 spiro atoms. The zero-order valence-corrected chi connectivity index (χ0v) is 31.5. The molecule has 8 heteroatoms. The van der Waals surface area contributed by atoms with Gasteiger partial charge in [-0.3, -0.25) is 0 Å². The second-order valence-electron chi connectivity index (χ2n) is 9.57. The fourth-order valence-corrected chi connectivity index (χ4v) is 5.74. The fourth-order valence-electron chi connectivity index (χ4n) is 4.69. The number of hydrogen-bond acceptors (Lipinski definition) is 0. The van der Waals surface area contributed by atoms with Gasteiger partial charge in [-0.05, 0) is 47.5 Å². The molecule has 0 aliphatic carbocycles. The van der Waals surface area contributed by atoms with Gasteiger partial charge in [0, 0.05) is 29.6 Å². The van der Waals surface area contributed by atoms with Crippen LogP contribution in [0.25, 0.3) is 43.8 Å². The van der Waals surface area contributed by atoms with Crippen LogP contribution in [0.5, 0.6) is 0 Å². The third-order valence-corrected chi connectivity index (χ3v) is 7.01. The van der Waals surface area contributed by atoms with Crippen molar-refractivity contribution in [2.45, 2.75) is 26.9 Å². The normalized spacial score (nSPS) is 10.1. The van der Waals surface area contributed by atoms with Crippen molar-refractivity contribution in [3.05, 3.63) is 128 Å². The van der Waals surface area contributed by atoms with E-state index in [9.17, 15) is 0 Å². The van der Waals surface area contributed by atoms with E-state index >= 15 is 0 Å². The van der Waals surface area contributed by atoms with Gasteiger partial charge >= 0.3 is 37.9 Å². The number of hydrogen-bond donors (Lipinski definition) is 0. The van der Waals surface area contributed by atoms with Crippen LogP contribution in [-0.4, -0.2) is 9.52 Å². The second kappa shape index (κ2) is 17.4. The van der Waals surface area contributed by atoms with Crippen LogP contribution >= 0.6 is 63.4 Å². The minimum absolute atomic E-state index is 0.665. The van der Waals surface area contributed by atoms with Crippen LogP contribution in [0.2, 0.25) is 33.2 Å². The van der Waals surface area contributed by atoms with Gasteiger partial charge < -0.3 is 0 Å². The van der Waals surface area contributed by atoms with Crippen molar-refractivity contribution in [2.24, 2.45) is 0 Å². The molecule has 0 aromatic heterocycles. The van der Waals surface area contributed by atoms with Crippen LogP contribution in [-0.2, 0) is 20.8 Å². The maximum atomic E-state index is 6.07. The second-order valence-corrected chi connectivity index (χ2v) is 16.0. The standard InChI is InChI=1S/2C16H11Cl2.C2H6Si.2ClH.Zr/c2*1-10-5-11-3-2-4-15(16(11)6-10)12-7-13(17)9-14(18)8-12;1-3-2;;;/h2*2-9H,1H3;1-2H3;2*1H;/q2*-1;;;;+4/p-2. The van der Waals surface area contributed by atoms with E-state index in [1.807, 2.05) is 24.3 Å². The topological polar surface area (TPSA) is 0 Å². The Hall–Kier alpha value is -1.06. The molecule has 0 heterocycles. The van der Waals surface area contributed by atoms with E-state index in [-0.39, 0.29) is 0 Å². The number of halogens is 6. The van der Waals surface area contributed by atoms with Crippen LogP contribution in [0.4, 0.5) is 0 Å². The van der Waals surface area contributed by atoms with Crippen LogP contribution in [0.3, 0.4) is 0 Å². The van der Waals surface area contributed by atoms with Crippen molar-refractivity contribution in [3.63, 3.8) is 0 Å². The molecular weight excluding hydrogens is 740 g/mol. The van der Waals surface area contributed by atoms with E-state index in [2.05, 4.69) is 87.6 Å². The summed E-state index contributed by atoms with van der Waals surface area (Å²) in [5.41, 5.74) is 7.00. The Balaban J connectivity index is 0.000000195. The summed E-state index contributed by atoms with van der Waals surface area (Å²) in [6, 6.07) is 32.6. The first-order chi connectivity index (χ1) is 20.1. The number of rotatable bonds is 2. The molecule has 0 N–H and O–H groups in total. The van der Waals surface area contributed by atoms with Crippen LogP contribution in [0, 0.1) is 13.8 Å². The van der Waals surface area contributed by atoms with E-state index in [4.69, 9.17) is 63.4 Å². The maximum absolute atomic E-state index is 6.07. The summed E-state index contributed by atoms with van der Waals surface area (Å²) < 4.78 is 0. The molecule has 0 bridgehead atoms. The van der Waals surface area contributed by atoms with Crippen molar-refractivity contribution >= 4 is 94.5 Å². The first-order valence-electron chi connectivity index (χ1n) is 12.9. The summed E-state index contributed by atoms with van der Waals surface area (Å²) in [6.45, 7) is 8.52. The third kappa shape index (κ3) is 9.98. The summed E-state index contributed by atoms with van der Waals surface area (Å²) >= 11 is 23.5. The van der Waals surface area contributed by atoms with E-state index in [0.717, 1.165) is 20.6 Å². The summed E-state index contributed by atoms with van der Waals surface area (Å²) in [5, 5.41) is 7.65. The molecule has 0 fully saturated rings. The van der Waals surface area contributed by atoms with Gasteiger partial charge in [0.2, 0.25) is 0 Å². The average Bonchev–Trinajstić information content (AvgIpc) is 3.49. The van der Waals surface area contributed by atoms with Crippen LogP contribution in [0.1, 0.15) is 11.1 Å². The summed E-state index contributed by atoms with van der Waals surface area (Å²) in [6.07, 6.45) is 0. The third-order valence-electron chi connectivity index (χ3n) is 6.14. The number of fused-ring (bicyclic) bond motifs is 2. The van der Waals surface area contributed by atoms with E-state index in [1.54, 1.807) is 12.1 Å². The van der Waals surface area contributed by atoms with Gasteiger partial charge in [0.25, 0.3) is 0 Å². The molecule has 0 unspecified atom stereocenters. The molecule has 0 atom stereocenters. The Kier molecular flexibility index (Phi) is 14.7. The van der Waals surface area contributed by atoms with Crippen molar-refractivity contribution in [1.29, 1.82) is 0 Å². The summed E-state index contributed by atoms with van der Waals surface area (Å²) in [5.74, 6) is 0. The van der Waals surface area contributed by atoms with Crippen molar-refractivity contribution in [3.8, 4) is 22.3 Å². The predicted octanol–water partition coefficient (Wildman–Crippen LogP) is 13.8. The van der Waals surface area contributed by atoms with Crippen molar-refractivity contribution in [2.75, 3.05) is 0 Å². The van der Waals surface area contributed by atoms with Crippen molar-refractivity contribution in [1.82, 2.24) is 0 Å². The molecule has 0 saturated heterocycles. The van der Waals surface area contributed by atoms with Gasteiger partial charge in [-0.25, -0.2) is 0 Å². The Labute approximate surface area is 290 Å². The molecule has 2 radical (unpaired) electrons. The van der Waals surface area contributed by atoms with E-state index < -0.39 is 20.8 Å². The Morgan fingerprint density at radius 1 is 0.548 bits per heavy atom. The monoisotopic (exact) mass is 764 g/mol. The van der Waals surface area contributed by atoms with Gasteiger partial charge in [0.05, 0.1) is 0 Å². The quantitative estimate of drug-likeness (QED) is 0.122. The minimum atomic E-state index is -0.826. The van der Waals surface area contributed by atoms with Crippen LogP contribution < -0.4 is 0 Å². The molecular formula is C34H28Cl6SiZr. The number of aryl methyl sites for hydroxylation is 2. The molecule has 0 nitrogen and oxygen atoms in total. The van der Waals surface area contributed by atoms with E-state index in [1.165, 1.54) is 43.8 Å². The summed E-state index contributed by atoms with van der Waals surface area (Å²) in [7, 11) is 11.0. The molecule has 214 valence electrons. The molecule has 6 rings (SSSR count). The van der Waals surface area contributed by atoms with Crippen LogP contribution in [0.15, 0.2) is 97.1 Å². The first-order valence-corrected chi connectivity index (χ1v) is 22.7. The Morgan fingerprint density at radius 2 is 0.857 bits per heavy atom. The van der Waals surface area contributed by atoms with Gasteiger partial charge in [-0.1, -0.05) is 96.6 Å². The van der Waals surface area contributed by atoms with Gasteiger partial charge in [0.15, 0.2) is 0 Å². The molecule has 42 heavy (non-hydrogen) atoms. The van der Waals surface area contributed by atoms with Gasteiger partial charge in [-0.2, -0.15) is 12.1 Å². The Morgan fingerprint density at radius 3 is 1.17 bits per heavy atom. The summed E-state index contributed by atoms with van der Waals surface area (Å²) in [4.78, 5) is 0. The van der Waals surface area contributed by atoms with Crippen molar-refractivity contribution < 1.29 is 20.8 Å². The Bertz CT molecular complexity index is 1580. The molecule has 0 saturated carbocycles. The molecule has 0 amide bonds. The molecule has 6 aromatic rings. The first kappa shape index (κ1) is 35.4. The fraction of sp³-hybridized carbons (Fsp3) is 0.118. The zero-order chi connectivity index (χ0) is 30.8. The zero-order valence-electron chi connectivity index (χ0n) is 23.5. The van der Waals surface area contributed by atoms with Gasteiger partial charge in [0.1, 0.15) is 0 Å². The van der Waals surface area contributed by atoms with Gasteiger partial charge in [-0.15, -0.1) is 69.1 Å². The number of benzene rings is 4. The average molecular weight is 769 g/mol. The molecule has 0 aliphatic heterocycles. The predicted molar refractivity (Wildman–Crippen MR) is 189 cm³/mol. The van der Waals surface area contributed by atoms with E-state index in [0.29, 0.717) is 20.1 Å².